The van der Waals surface area contributed by atoms with Gasteiger partial charge < -0.3 is 14.2 Å². The fraction of sp³-hybridized carbons (Fsp3) is 0.0526. The fourth-order valence-electron chi connectivity index (χ4n) is 9.78. The highest BCUT2D eigenvalue weighted by Crippen LogP contribution is 2.50. The van der Waals surface area contributed by atoms with Crippen molar-refractivity contribution in [1.29, 1.82) is 0 Å². The van der Waals surface area contributed by atoms with E-state index in [2.05, 4.69) is 230 Å². The fourth-order valence-corrected chi connectivity index (χ4v) is 10.9. The first-order valence-corrected chi connectivity index (χ1v) is 24.7. The molecular weight excluding hydrogens is 757 g/mol. The Kier molecular flexibility index (Phi) is 7.90. The van der Waals surface area contributed by atoms with Crippen LogP contribution in [0.4, 0.5) is 34.1 Å². The third-order valence-corrected chi connectivity index (χ3v) is 14.7. The Balaban J connectivity index is 1.11. The molecule has 4 heteroatoms. The third kappa shape index (κ3) is 5.63. The Labute approximate surface area is 356 Å². The summed E-state index contributed by atoms with van der Waals surface area (Å²) in [5, 5.41) is 13.6. The lowest BCUT2D eigenvalue weighted by atomic mass is 9.91. The maximum Gasteiger partial charge on any atom is 0.138 e. The second-order valence-electron chi connectivity index (χ2n) is 17.3. The number of hydrogen-bond acceptors (Lipinski definition) is 3. The topological polar surface area (TPSA) is 19.6 Å². The van der Waals surface area contributed by atoms with Gasteiger partial charge in [-0.25, -0.2) is 0 Å². The first kappa shape index (κ1) is 35.5. The summed E-state index contributed by atoms with van der Waals surface area (Å²) >= 11 is 0. The zero-order valence-corrected chi connectivity index (χ0v) is 35.4. The van der Waals surface area contributed by atoms with Crippen LogP contribution in [0.1, 0.15) is 0 Å². The Morgan fingerprint density at radius 2 is 0.918 bits per heavy atom. The van der Waals surface area contributed by atoms with Gasteiger partial charge in [0, 0.05) is 44.5 Å². The molecule has 0 bridgehead atoms. The molecule has 1 heterocycles. The second-order valence-corrected chi connectivity index (χ2v) is 22.4. The van der Waals surface area contributed by atoms with E-state index < -0.39 is 8.07 Å². The minimum Gasteiger partial charge on any atom is -0.456 e. The highest BCUT2D eigenvalue weighted by atomic mass is 28.3. The highest BCUT2D eigenvalue weighted by molar-refractivity contribution is 6.88. The van der Waals surface area contributed by atoms with Gasteiger partial charge in [-0.05, 0) is 92.5 Å². The zero-order valence-electron chi connectivity index (χ0n) is 34.4. The molecule has 0 atom stereocenters. The summed E-state index contributed by atoms with van der Waals surface area (Å²) in [4.78, 5) is 4.88. The Hall–Kier alpha value is -7.40. The summed E-state index contributed by atoms with van der Waals surface area (Å²) in [5.74, 6) is 0. The summed E-state index contributed by atoms with van der Waals surface area (Å²) in [6.07, 6.45) is 0. The molecule has 290 valence electrons. The molecule has 0 saturated carbocycles. The lowest BCUT2D eigenvalue weighted by Crippen LogP contribution is -2.37. The van der Waals surface area contributed by atoms with E-state index >= 15 is 0 Å². The van der Waals surface area contributed by atoms with Gasteiger partial charge in [-0.3, -0.25) is 0 Å². The Bertz CT molecular complexity index is 3570. The Morgan fingerprint density at radius 3 is 1.62 bits per heavy atom. The van der Waals surface area contributed by atoms with Crippen LogP contribution in [0.3, 0.4) is 0 Å². The van der Waals surface area contributed by atoms with E-state index in [-0.39, 0.29) is 0 Å². The minimum absolute atomic E-state index is 0.905. The molecule has 1 aromatic heterocycles. The predicted octanol–water partition coefficient (Wildman–Crippen LogP) is 16.2. The van der Waals surface area contributed by atoms with Crippen LogP contribution in [0, 0.1) is 0 Å². The molecule has 0 fully saturated rings. The van der Waals surface area contributed by atoms with Crippen molar-refractivity contribution in [2.75, 3.05) is 9.80 Å². The van der Waals surface area contributed by atoms with Crippen LogP contribution in [-0.2, 0) is 0 Å². The summed E-state index contributed by atoms with van der Waals surface area (Å²) in [6, 6.07) is 73.5. The minimum atomic E-state index is -1.53. The maximum absolute atomic E-state index is 6.64. The summed E-state index contributed by atoms with van der Waals surface area (Å²) in [6.45, 7) is 7.24. The van der Waals surface area contributed by atoms with Crippen LogP contribution < -0.4 is 15.0 Å². The number of rotatable bonds is 8. The van der Waals surface area contributed by atoms with E-state index in [1.54, 1.807) is 0 Å². The number of anilines is 6. The van der Waals surface area contributed by atoms with Crippen molar-refractivity contribution in [2.45, 2.75) is 19.6 Å². The normalized spacial score (nSPS) is 12.2. The SMILES string of the molecule is C[Si](C)(C)c1ccc(N(c2cc3ccc4cccc5oc(c2)c3c45)c2ccc3ccc4c(N(c5ccccc5)c5ccccc5-c5ccccc5)ccc5ccc2c3c54)cc1. The first-order valence-electron chi connectivity index (χ1n) is 21.2. The molecule has 0 saturated heterocycles. The molecule has 0 unspecified atom stereocenters. The quantitative estimate of drug-likeness (QED) is 0.113. The van der Waals surface area contributed by atoms with Gasteiger partial charge in [0.05, 0.1) is 30.8 Å². The number of benzene rings is 11. The van der Waals surface area contributed by atoms with Gasteiger partial charge in [0.25, 0.3) is 0 Å². The van der Waals surface area contributed by atoms with Crippen molar-refractivity contribution in [1.82, 2.24) is 0 Å². The van der Waals surface area contributed by atoms with Gasteiger partial charge in [-0.2, -0.15) is 0 Å². The van der Waals surface area contributed by atoms with Crippen molar-refractivity contribution in [2.24, 2.45) is 0 Å². The van der Waals surface area contributed by atoms with E-state index in [1.807, 2.05) is 0 Å². The standard InChI is InChI=1S/C57H42N2OSi/c1-61(2,3)45-29-27-43(28-30-45)58(44-35-41-22-21-38-15-12-20-52-56(38)57(41)53(36-44)60-52)50-33-25-39-24-32-48-51(34-26-40-23-31-47(50)54(39)55(40)48)59(42-16-8-5-9-17-42)49-19-11-10-18-46(49)37-13-6-4-7-14-37/h4-36H,1-3H3. The van der Waals surface area contributed by atoms with Gasteiger partial charge in [0.15, 0.2) is 0 Å². The van der Waals surface area contributed by atoms with Gasteiger partial charge in [0.1, 0.15) is 11.2 Å². The molecular formula is C57H42N2OSi. The number of nitrogens with zero attached hydrogens (tertiary/aromatic N) is 2. The van der Waals surface area contributed by atoms with Gasteiger partial charge in [-0.1, -0.05) is 164 Å². The second kappa shape index (κ2) is 13.6. The molecule has 0 aliphatic heterocycles. The average Bonchev–Trinajstić information content (AvgIpc) is 3.69. The van der Waals surface area contributed by atoms with E-state index in [1.165, 1.54) is 70.2 Å². The molecule has 0 N–H and O–H groups in total. The van der Waals surface area contributed by atoms with Crippen molar-refractivity contribution in [3.05, 3.63) is 200 Å². The smallest absolute Gasteiger partial charge is 0.138 e. The predicted molar refractivity (Wildman–Crippen MR) is 264 cm³/mol. The van der Waals surface area contributed by atoms with Gasteiger partial charge in [0.2, 0.25) is 0 Å². The molecule has 0 amide bonds. The molecule has 11 aromatic carbocycles. The van der Waals surface area contributed by atoms with Crippen LogP contribution >= 0.6 is 0 Å². The lowest BCUT2D eigenvalue weighted by Gasteiger charge is -2.30. The molecule has 0 radical (unpaired) electrons. The van der Waals surface area contributed by atoms with Crippen LogP contribution in [0.15, 0.2) is 205 Å². The van der Waals surface area contributed by atoms with Crippen molar-refractivity contribution in [3.8, 4) is 11.1 Å². The molecule has 3 nitrogen and oxygen atoms in total. The van der Waals surface area contributed by atoms with Crippen molar-refractivity contribution < 1.29 is 4.42 Å². The van der Waals surface area contributed by atoms with Crippen molar-refractivity contribution >= 4 is 112 Å². The maximum atomic E-state index is 6.64. The van der Waals surface area contributed by atoms with Crippen molar-refractivity contribution in [3.63, 3.8) is 0 Å². The average molecular weight is 799 g/mol. The number of hydrogen-bond donors (Lipinski definition) is 0. The number of para-hydroxylation sites is 2. The zero-order chi connectivity index (χ0) is 40.8. The summed E-state index contributed by atoms with van der Waals surface area (Å²) in [5.41, 5.74) is 10.9. The molecule has 0 spiro atoms. The summed E-state index contributed by atoms with van der Waals surface area (Å²) in [7, 11) is -1.53. The molecule has 0 aliphatic carbocycles. The lowest BCUT2D eigenvalue weighted by molar-refractivity contribution is 0.669. The van der Waals surface area contributed by atoms with E-state index in [0.29, 0.717) is 0 Å². The van der Waals surface area contributed by atoms with Gasteiger partial charge >= 0.3 is 0 Å². The number of furan rings is 1. The monoisotopic (exact) mass is 798 g/mol. The highest BCUT2D eigenvalue weighted by Gasteiger charge is 2.25. The third-order valence-electron chi connectivity index (χ3n) is 12.7. The largest absolute Gasteiger partial charge is 0.456 e. The Morgan fingerprint density at radius 1 is 0.361 bits per heavy atom. The van der Waals surface area contributed by atoms with Crippen LogP contribution in [0.5, 0.6) is 0 Å². The van der Waals surface area contributed by atoms with E-state index in [9.17, 15) is 0 Å². The van der Waals surface area contributed by atoms with Crippen LogP contribution in [0.25, 0.3) is 76.2 Å². The van der Waals surface area contributed by atoms with E-state index in [4.69, 9.17) is 4.42 Å². The summed E-state index contributed by atoms with van der Waals surface area (Å²) < 4.78 is 6.64. The molecule has 12 rings (SSSR count). The molecule has 0 aliphatic rings. The molecule has 61 heavy (non-hydrogen) atoms. The first-order chi connectivity index (χ1) is 29.9. The van der Waals surface area contributed by atoms with Crippen LogP contribution in [0.2, 0.25) is 19.6 Å². The van der Waals surface area contributed by atoms with Crippen LogP contribution in [-0.4, -0.2) is 8.07 Å². The molecule has 12 aromatic rings. The van der Waals surface area contributed by atoms with E-state index in [0.717, 1.165) is 45.3 Å². The van der Waals surface area contributed by atoms with Gasteiger partial charge in [-0.15, -0.1) is 0 Å².